The fourth-order valence-corrected chi connectivity index (χ4v) is 1.22. The third-order valence-corrected chi connectivity index (χ3v) is 1.89. The maximum atomic E-state index is 10.7. The van der Waals surface area contributed by atoms with Crippen LogP contribution < -0.4 is 0 Å². The lowest BCUT2D eigenvalue weighted by Gasteiger charge is -2.02. The van der Waals surface area contributed by atoms with Gasteiger partial charge in [-0.05, 0) is 25.2 Å². The average Bonchev–Trinajstić information content (AvgIpc) is 2.46. The summed E-state index contributed by atoms with van der Waals surface area (Å²) in [5.74, 6) is 0.123. The van der Waals surface area contributed by atoms with Gasteiger partial charge in [0.1, 0.15) is 6.04 Å². The third kappa shape index (κ3) is 1.68. The summed E-state index contributed by atoms with van der Waals surface area (Å²) in [6, 6.07) is 0.0284. The van der Waals surface area contributed by atoms with Crippen LogP contribution in [0.1, 0.15) is 32.4 Å². The molecule has 72 valence electrons. The Hall–Kier alpha value is -1.39. The predicted molar refractivity (Wildman–Crippen MR) is 48.6 cm³/mol. The lowest BCUT2D eigenvalue weighted by molar-refractivity contribution is -0.393. The Morgan fingerprint density at radius 3 is 2.69 bits per heavy atom. The minimum Gasteiger partial charge on any atom is -0.358 e. The molecule has 5 nitrogen and oxygen atoms in total. The molecule has 0 aliphatic rings. The van der Waals surface area contributed by atoms with E-state index in [0.29, 0.717) is 12.0 Å². The van der Waals surface area contributed by atoms with Crippen molar-refractivity contribution in [3.05, 3.63) is 21.9 Å². The molecule has 0 amide bonds. The first-order chi connectivity index (χ1) is 6.07. The topological polar surface area (TPSA) is 61.0 Å². The zero-order valence-corrected chi connectivity index (χ0v) is 8.02. The molecular weight excluding hydrogens is 170 g/mol. The molecule has 0 saturated heterocycles. The van der Waals surface area contributed by atoms with Gasteiger partial charge in [0.2, 0.25) is 0 Å². The van der Waals surface area contributed by atoms with E-state index in [1.807, 2.05) is 20.8 Å². The van der Waals surface area contributed by atoms with Crippen molar-refractivity contribution in [3.8, 4) is 0 Å². The van der Waals surface area contributed by atoms with Crippen LogP contribution in [0.2, 0.25) is 0 Å². The molecule has 0 fully saturated rings. The molecule has 1 aromatic heterocycles. The van der Waals surface area contributed by atoms with Crippen molar-refractivity contribution in [2.75, 3.05) is 0 Å². The molecule has 0 aromatic carbocycles. The Bertz CT molecular complexity index is 317. The number of aromatic nitrogens is 2. The van der Waals surface area contributed by atoms with Crippen LogP contribution in [0.3, 0.4) is 0 Å². The van der Waals surface area contributed by atoms with Crippen LogP contribution in [-0.4, -0.2) is 14.7 Å². The normalized spacial score (nSPS) is 10.8. The molecule has 1 rings (SSSR count). The van der Waals surface area contributed by atoms with E-state index in [2.05, 4.69) is 5.10 Å². The summed E-state index contributed by atoms with van der Waals surface area (Å²) in [4.78, 5) is 10.3. The highest BCUT2D eigenvalue weighted by atomic mass is 16.6. The van der Waals surface area contributed by atoms with Gasteiger partial charge in [-0.3, -0.25) is 0 Å². The minimum atomic E-state index is -0.369. The quantitative estimate of drug-likeness (QED) is 0.531. The zero-order chi connectivity index (χ0) is 10.0. The second-order valence-electron chi connectivity index (χ2n) is 3.14. The maximum absolute atomic E-state index is 10.7. The van der Waals surface area contributed by atoms with Crippen molar-refractivity contribution in [3.63, 3.8) is 0 Å². The highest BCUT2D eigenvalue weighted by Gasteiger charge is 2.22. The molecule has 13 heavy (non-hydrogen) atoms. The fraction of sp³-hybridized carbons (Fsp3) is 0.625. The van der Waals surface area contributed by atoms with Gasteiger partial charge in [-0.2, -0.15) is 0 Å². The first-order valence-electron chi connectivity index (χ1n) is 4.28. The molecule has 0 atom stereocenters. The second-order valence-corrected chi connectivity index (χ2v) is 3.14. The number of nitro groups is 1. The molecule has 0 radical (unpaired) electrons. The van der Waals surface area contributed by atoms with Gasteiger partial charge in [-0.25, -0.2) is 0 Å². The van der Waals surface area contributed by atoms with Crippen LogP contribution in [0, 0.1) is 10.1 Å². The standard InChI is InChI=1S/C8H13N3O2/c1-4-7-5-9-10(6(2)3)8(7)11(12)13/h5-6H,4H2,1-3H3. The van der Waals surface area contributed by atoms with Gasteiger partial charge in [-0.15, -0.1) is 4.68 Å². The summed E-state index contributed by atoms with van der Waals surface area (Å²) in [6.45, 7) is 5.63. The molecule has 1 aromatic rings. The lowest BCUT2D eigenvalue weighted by atomic mass is 10.2. The highest BCUT2D eigenvalue weighted by molar-refractivity contribution is 5.31. The molecule has 1 heterocycles. The fourth-order valence-electron chi connectivity index (χ4n) is 1.22. The van der Waals surface area contributed by atoms with Crippen LogP contribution >= 0.6 is 0 Å². The van der Waals surface area contributed by atoms with Crippen molar-refractivity contribution >= 4 is 5.82 Å². The van der Waals surface area contributed by atoms with Gasteiger partial charge in [0.15, 0.2) is 0 Å². The van der Waals surface area contributed by atoms with Crippen LogP contribution in [-0.2, 0) is 6.42 Å². The Balaban J connectivity index is 3.22. The highest BCUT2D eigenvalue weighted by Crippen LogP contribution is 2.21. The lowest BCUT2D eigenvalue weighted by Crippen LogP contribution is -2.07. The van der Waals surface area contributed by atoms with Crippen LogP contribution in [0.25, 0.3) is 0 Å². The molecule has 0 aliphatic heterocycles. The number of aryl methyl sites for hydroxylation is 1. The van der Waals surface area contributed by atoms with Crippen LogP contribution in [0.15, 0.2) is 6.20 Å². The summed E-state index contributed by atoms with van der Waals surface area (Å²) in [6.07, 6.45) is 2.21. The molecule has 0 N–H and O–H groups in total. The van der Waals surface area contributed by atoms with Crippen molar-refractivity contribution in [2.24, 2.45) is 0 Å². The Morgan fingerprint density at radius 2 is 2.31 bits per heavy atom. The summed E-state index contributed by atoms with van der Waals surface area (Å²) in [5, 5.41) is 14.7. The van der Waals surface area contributed by atoms with Gasteiger partial charge >= 0.3 is 5.82 Å². The smallest absolute Gasteiger partial charge is 0.348 e. The summed E-state index contributed by atoms with van der Waals surface area (Å²) >= 11 is 0. The van der Waals surface area contributed by atoms with Gasteiger partial charge in [-0.1, -0.05) is 12.0 Å². The second kappa shape index (κ2) is 3.55. The van der Waals surface area contributed by atoms with E-state index >= 15 is 0 Å². The monoisotopic (exact) mass is 183 g/mol. The number of hydrogen-bond donors (Lipinski definition) is 0. The van der Waals surface area contributed by atoms with E-state index < -0.39 is 0 Å². The first kappa shape index (κ1) is 9.70. The van der Waals surface area contributed by atoms with Crippen LogP contribution in [0.5, 0.6) is 0 Å². The summed E-state index contributed by atoms with van der Waals surface area (Å²) in [7, 11) is 0. The van der Waals surface area contributed by atoms with E-state index in [1.165, 1.54) is 4.68 Å². The zero-order valence-electron chi connectivity index (χ0n) is 8.02. The third-order valence-electron chi connectivity index (χ3n) is 1.89. The Labute approximate surface area is 76.5 Å². The molecule has 0 saturated carbocycles. The van der Waals surface area contributed by atoms with Crippen molar-refractivity contribution in [1.29, 1.82) is 0 Å². The van der Waals surface area contributed by atoms with Crippen LogP contribution in [0.4, 0.5) is 5.82 Å². The van der Waals surface area contributed by atoms with Gasteiger partial charge in [0.05, 0.1) is 11.8 Å². The molecule has 0 unspecified atom stereocenters. The predicted octanol–water partition coefficient (Wildman–Crippen LogP) is 1.93. The van der Waals surface area contributed by atoms with Crippen molar-refractivity contribution < 1.29 is 4.92 Å². The van der Waals surface area contributed by atoms with E-state index in [9.17, 15) is 10.1 Å². The number of rotatable bonds is 3. The van der Waals surface area contributed by atoms with E-state index in [-0.39, 0.29) is 16.8 Å². The maximum Gasteiger partial charge on any atom is 0.348 e. The van der Waals surface area contributed by atoms with Crippen molar-refractivity contribution in [2.45, 2.75) is 33.2 Å². The van der Waals surface area contributed by atoms with Gasteiger partial charge in [0.25, 0.3) is 0 Å². The molecular formula is C8H13N3O2. The number of hydrogen-bond acceptors (Lipinski definition) is 3. The van der Waals surface area contributed by atoms with Gasteiger partial charge < -0.3 is 10.1 Å². The summed E-state index contributed by atoms with van der Waals surface area (Å²) in [5.41, 5.74) is 0.693. The largest absolute Gasteiger partial charge is 0.358 e. The van der Waals surface area contributed by atoms with Gasteiger partial charge in [0, 0.05) is 0 Å². The van der Waals surface area contributed by atoms with E-state index in [4.69, 9.17) is 0 Å². The summed E-state index contributed by atoms with van der Waals surface area (Å²) < 4.78 is 1.44. The minimum absolute atomic E-state index is 0.0284. The molecule has 0 aliphatic carbocycles. The SMILES string of the molecule is CCc1cnn(C(C)C)c1[N+](=O)[O-]. The van der Waals surface area contributed by atoms with E-state index in [0.717, 1.165) is 0 Å². The molecule has 0 bridgehead atoms. The Kier molecular flexibility index (Phi) is 2.65. The van der Waals surface area contributed by atoms with Crippen molar-refractivity contribution in [1.82, 2.24) is 9.78 Å². The average molecular weight is 183 g/mol. The Morgan fingerprint density at radius 1 is 1.69 bits per heavy atom. The number of nitrogens with zero attached hydrogens (tertiary/aromatic N) is 3. The van der Waals surface area contributed by atoms with E-state index in [1.54, 1.807) is 6.20 Å². The first-order valence-corrected chi connectivity index (χ1v) is 4.28. The molecule has 5 heteroatoms. The molecule has 0 spiro atoms.